The third kappa shape index (κ3) is 54.2. The molecule has 3 unspecified atom stereocenters. The van der Waals surface area contributed by atoms with Crippen molar-refractivity contribution in [2.24, 2.45) is 0 Å². The highest BCUT2D eigenvalue weighted by Crippen LogP contribution is 2.43. The molecule has 3 atom stereocenters. The molecular weight excluding hydrogens is 940 g/mol. The molecule has 0 fully saturated rings. The number of nitrogens with zero attached hydrogens (tertiary/aromatic N) is 1. The van der Waals surface area contributed by atoms with E-state index in [-0.39, 0.29) is 31.5 Å². The summed E-state index contributed by atoms with van der Waals surface area (Å²) in [7, 11) is 1.48. The molecule has 0 aliphatic rings. The van der Waals surface area contributed by atoms with Crippen LogP contribution in [-0.4, -0.2) is 74.3 Å². The van der Waals surface area contributed by atoms with Gasteiger partial charge in [0.05, 0.1) is 33.8 Å². The summed E-state index contributed by atoms with van der Waals surface area (Å²) in [5.74, 6) is -0.530. The Balaban J connectivity index is 5.16. The van der Waals surface area contributed by atoms with Crippen LogP contribution in [0, 0.1) is 0 Å². The second kappa shape index (κ2) is 53.8. The van der Waals surface area contributed by atoms with Gasteiger partial charge in [0.2, 0.25) is 5.91 Å². The number of unbranched alkanes of at least 4 members (excludes halogenated alkanes) is 29. The fraction of sp³-hybridized carbons (Fsp3) is 0.781. The second-order valence-electron chi connectivity index (χ2n) is 21.8. The van der Waals surface area contributed by atoms with Crippen LogP contribution in [-0.2, 0) is 27.9 Å². The molecule has 0 saturated heterocycles. The van der Waals surface area contributed by atoms with Crippen molar-refractivity contribution in [3.8, 4) is 0 Å². The van der Waals surface area contributed by atoms with Gasteiger partial charge in [0.15, 0.2) is 0 Å². The van der Waals surface area contributed by atoms with Gasteiger partial charge in [-0.25, -0.2) is 4.57 Å². The number of rotatable bonds is 55. The van der Waals surface area contributed by atoms with Crippen molar-refractivity contribution in [1.82, 2.24) is 5.32 Å². The van der Waals surface area contributed by atoms with Gasteiger partial charge < -0.3 is 19.4 Å². The Kier molecular flexibility index (Phi) is 52.0. The van der Waals surface area contributed by atoms with Gasteiger partial charge in [-0.05, 0) is 96.0 Å². The van der Waals surface area contributed by atoms with Crippen molar-refractivity contribution in [2.75, 3.05) is 40.9 Å². The summed E-state index contributed by atoms with van der Waals surface area (Å²) < 4.78 is 30.6. The summed E-state index contributed by atoms with van der Waals surface area (Å²) in [4.78, 5) is 37.6. The minimum atomic E-state index is -4.45. The monoisotopic (exact) mass is 1060 g/mol. The van der Waals surface area contributed by atoms with E-state index in [1.807, 2.05) is 33.3 Å². The molecule has 0 aromatic carbocycles. The van der Waals surface area contributed by atoms with E-state index < -0.39 is 20.0 Å². The summed E-state index contributed by atoms with van der Waals surface area (Å²) in [5, 5.41) is 3.05. The van der Waals surface area contributed by atoms with E-state index in [9.17, 15) is 19.0 Å². The van der Waals surface area contributed by atoms with Crippen LogP contribution in [0.25, 0.3) is 0 Å². The van der Waals surface area contributed by atoms with Gasteiger partial charge in [-0.1, -0.05) is 235 Å². The van der Waals surface area contributed by atoms with Gasteiger partial charge in [-0.15, -0.1) is 0 Å². The lowest BCUT2D eigenvalue weighted by Gasteiger charge is -2.27. The maximum absolute atomic E-state index is 13.5. The van der Waals surface area contributed by atoms with Crippen LogP contribution in [0.4, 0.5) is 0 Å². The number of likely N-dealkylation sites (N-methyl/N-ethyl adjacent to an activating group) is 1. The molecule has 0 saturated carbocycles. The van der Waals surface area contributed by atoms with Crippen LogP contribution in [0.15, 0.2) is 72.9 Å². The Morgan fingerprint density at radius 1 is 0.486 bits per heavy atom. The van der Waals surface area contributed by atoms with Gasteiger partial charge in [0.25, 0.3) is 0 Å². The molecule has 0 radical (unpaired) electrons. The summed E-state index contributed by atoms with van der Waals surface area (Å²) in [6.07, 6.45) is 69.0. The van der Waals surface area contributed by atoms with Gasteiger partial charge in [-0.2, -0.15) is 0 Å². The number of carbonyl (C=O) groups excluding carboxylic acids is 2. The Morgan fingerprint density at radius 2 is 0.865 bits per heavy atom. The Morgan fingerprint density at radius 3 is 1.32 bits per heavy atom. The van der Waals surface area contributed by atoms with Crippen molar-refractivity contribution in [3.63, 3.8) is 0 Å². The summed E-state index contributed by atoms with van der Waals surface area (Å²) >= 11 is 0. The topological polar surface area (TPSA) is 111 Å². The first kappa shape index (κ1) is 71.5. The molecule has 0 rings (SSSR count). The standard InChI is InChI=1S/C64H117N2O7P/c1-7-10-13-16-19-22-25-27-29-30-31-32-33-34-35-36-37-38-41-44-47-50-53-56-63(67)65-61(60-72-74(69,70)71-59-58-66(4,5)6)62(55-52-49-46-43-40-24-21-18-15-12-9-3)73-64(68)57-54-51-48-45-42-39-28-26-23-20-17-14-11-8-2/h11,14,19-20,22-23,27-29,39,52,55,61-62H,7-10,12-13,15-18,21,24-26,30-38,40-51,53-54,56-60H2,1-6H3,(H-,65,67,69,70)/p+1/b14-11+,22-19-,23-20+,29-27-,39-28+,55-52-. The van der Waals surface area contributed by atoms with Crippen molar-refractivity contribution in [2.45, 2.75) is 283 Å². The average molecular weight is 1060 g/mol. The lowest BCUT2D eigenvalue weighted by Crippen LogP contribution is -2.47. The van der Waals surface area contributed by atoms with Gasteiger partial charge >= 0.3 is 13.8 Å². The lowest BCUT2D eigenvalue weighted by molar-refractivity contribution is -0.870. The van der Waals surface area contributed by atoms with Crippen LogP contribution in [0.1, 0.15) is 271 Å². The number of esters is 1. The van der Waals surface area contributed by atoms with Crippen molar-refractivity contribution in [3.05, 3.63) is 72.9 Å². The van der Waals surface area contributed by atoms with Crippen molar-refractivity contribution < 1.29 is 37.3 Å². The van der Waals surface area contributed by atoms with E-state index in [1.54, 1.807) is 0 Å². The second-order valence-corrected chi connectivity index (χ2v) is 23.3. The molecule has 74 heavy (non-hydrogen) atoms. The Bertz CT molecular complexity index is 1500. The zero-order valence-electron chi connectivity index (χ0n) is 49.1. The predicted octanol–water partition coefficient (Wildman–Crippen LogP) is 18.8. The minimum absolute atomic E-state index is 0.0344. The number of carbonyl (C=O) groups is 2. The predicted molar refractivity (Wildman–Crippen MR) is 318 cm³/mol. The van der Waals surface area contributed by atoms with Crippen LogP contribution in [0.5, 0.6) is 0 Å². The summed E-state index contributed by atoms with van der Waals surface area (Å²) in [6, 6.07) is -0.859. The molecule has 0 aliphatic heterocycles. The van der Waals surface area contributed by atoms with E-state index in [0.29, 0.717) is 23.9 Å². The van der Waals surface area contributed by atoms with Crippen LogP contribution in [0.3, 0.4) is 0 Å². The average Bonchev–Trinajstić information content (AvgIpc) is 3.36. The molecule has 0 aromatic rings. The Hall–Kier alpha value is -2.55. The molecule has 0 aliphatic carbocycles. The van der Waals surface area contributed by atoms with E-state index in [4.69, 9.17) is 13.8 Å². The molecule has 430 valence electrons. The first-order valence-corrected chi connectivity index (χ1v) is 32.3. The maximum atomic E-state index is 13.5. The van der Waals surface area contributed by atoms with Gasteiger partial charge in [0, 0.05) is 12.8 Å². The number of amides is 1. The number of quaternary nitrogens is 1. The third-order valence-corrected chi connectivity index (χ3v) is 14.4. The van der Waals surface area contributed by atoms with E-state index >= 15 is 0 Å². The molecule has 0 bridgehead atoms. The number of allylic oxidation sites excluding steroid dienone is 11. The normalized spacial score (nSPS) is 14.2. The third-order valence-electron chi connectivity index (χ3n) is 13.4. The molecule has 1 amide bonds. The number of hydrogen-bond acceptors (Lipinski definition) is 6. The molecule has 0 aromatic heterocycles. The van der Waals surface area contributed by atoms with Crippen LogP contribution >= 0.6 is 7.82 Å². The zero-order chi connectivity index (χ0) is 54.3. The fourth-order valence-corrected chi connectivity index (χ4v) is 9.37. The van der Waals surface area contributed by atoms with E-state index in [0.717, 1.165) is 89.9 Å². The lowest BCUT2D eigenvalue weighted by atomic mass is 10.0. The van der Waals surface area contributed by atoms with Crippen molar-refractivity contribution in [1.29, 1.82) is 0 Å². The zero-order valence-corrected chi connectivity index (χ0v) is 50.0. The van der Waals surface area contributed by atoms with Crippen LogP contribution < -0.4 is 5.32 Å². The largest absolute Gasteiger partial charge is 0.472 e. The van der Waals surface area contributed by atoms with Gasteiger partial charge in [-0.3, -0.25) is 18.6 Å². The minimum Gasteiger partial charge on any atom is -0.456 e. The van der Waals surface area contributed by atoms with Gasteiger partial charge in [0.1, 0.15) is 19.3 Å². The Labute approximate surface area is 457 Å². The number of phosphoric ester groups is 1. The highest BCUT2D eigenvalue weighted by atomic mass is 31.2. The maximum Gasteiger partial charge on any atom is 0.472 e. The molecular formula is C64H118N2O7P+. The SMILES string of the molecule is CC/C=C/C/C=C/C/C=C/CCCCCCC(=O)OC(/C=C\CCCCCCCCCCC)C(COP(=O)(O)OCC[N+](C)(C)C)NC(=O)CCCCCCCCCCCCCCC/C=C\C/C=C\CCCCC. The quantitative estimate of drug-likeness (QED) is 0.0205. The number of ether oxygens (including phenoxy) is 1. The van der Waals surface area contributed by atoms with E-state index in [1.165, 1.54) is 141 Å². The highest BCUT2D eigenvalue weighted by Gasteiger charge is 2.30. The number of phosphoric acid groups is 1. The molecule has 0 heterocycles. The molecule has 9 nitrogen and oxygen atoms in total. The van der Waals surface area contributed by atoms with Crippen LogP contribution in [0.2, 0.25) is 0 Å². The van der Waals surface area contributed by atoms with E-state index in [2.05, 4.69) is 86.8 Å². The van der Waals surface area contributed by atoms with Crippen molar-refractivity contribution >= 4 is 19.7 Å². The summed E-state index contributed by atoms with van der Waals surface area (Å²) in [5.41, 5.74) is 0. The fourth-order valence-electron chi connectivity index (χ4n) is 8.63. The first-order valence-electron chi connectivity index (χ1n) is 30.8. The molecule has 0 spiro atoms. The smallest absolute Gasteiger partial charge is 0.456 e. The number of hydrogen-bond donors (Lipinski definition) is 2. The first-order chi connectivity index (χ1) is 35.9. The summed E-state index contributed by atoms with van der Waals surface area (Å²) in [6.45, 7) is 6.86. The molecule has 2 N–H and O–H groups in total. The highest BCUT2D eigenvalue weighted by molar-refractivity contribution is 7.47. The molecule has 10 heteroatoms. The number of nitrogens with one attached hydrogen (secondary N) is 1.